The van der Waals surface area contributed by atoms with E-state index < -0.39 is 28.5 Å². The predicted molar refractivity (Wildman–Crippen MR) is 170 cm³/mol. The van der Waals surface area contributed by atoms with Gasteiger partial charge in [-0.15, -0.1) is 0 Å². The zero-order chi connectivity index (χ0) is 31.0. The molecule has 0 heterocycles. The molecule has 0 aromatic heterocycles. The Bertz CT molecular complexity index is 1490. The smallest absolute Gasteiger partial charge is 0.264 e. The predicted octanol–water partition coefficient (Wildman–Crippen LogP) is 6.11. The molecule has 1 aliphatic carbocycles. The van der Waals surface area contributed by atoms with E-state index in [0.29, 0.717) is 28.4 Å². The van der Waals surface area contributed by atoms with Gasteiger partial charge >= 0.3 is 0 Å². The van der Waals surface area contributed by atoms with E-state index in [9.17, 15) is 18.0 Å². The molecule has 43 heavy (non-hydrogen) atoms. The molecule has 0 bridgehead atoms. The Morgan fingerprint density at radius 2 is 1.67 bits per heavy atom. The molecule has 8 nitrogen and oxygen atoms in total. The number of nitrogens with one attached hydrogen (secondary N) is 1. The van der Waals surface area contributed by atoms with Crippen LogP contribution in [0.2, 0.25) is 5.02 Å². The number of methoxy groups -OCH3 is 1. The SMILES string of the molecule is CCC(C(=O)NC1CCCCC1)N(Cc1ccc(OC)cc1)C(=O)CN(c1cc(Cl)ccc1C)S(=O)(=O)c1ccccc1. The molecule has 10 heteroatoms. The Kier molecular flexibility index (Phi) is 11.1. The van der Waals surface area contributed by atoms with Crippen LogP contribution in [-0.4, -0.2) is 50.9 Å². The molecular weight excluding hydrogens is 586 g/mol. The van der Waals surface area contributed by atoms with Gasteiger partial charge in [0.15, 0.2) is 0 Å². The largest absolute Gasteiger partial charge is 0.497 e. The fourth-order valence-corrected chi connectivity index (χ4v) is 7.13. The third-order valence-corrected chi connectivity index (χ3v) is 9.91. The lowest BCUT2D eigenvalue weighted by Gasteiger charge is -2.34. The lowest BCUT2D eigenvalue weighted by atomic mass is 9.95. The molecule has 0 aliphatic heterocycles. The highest BCUT2D eigenvalue weighted by Gasteiger charge is 2.35. The lowest BCUT2D eigenvalue weighted by Crippen LogP contribution is -2.54. The normalized spacial score (nSPS) is 14.5. The minimum absolute atomic E-state index is 0.0472. The number of amides is 2. The van der Waals surface area contributed by atoms with Gasteiger partial charge in [-0.2, -0.15) is 0 Å². The molecule has 230 valence electrons. The van der Waals surface area contributed by atoms with Gasteiger partial charge in [-0.1, -0.05) is 74.2 Å². The van der Waals surface area contributed by atoms with Crippen LogP contribution in [-0.2, 0) is 26.2 Å². The lowest BCUT2D eigenvalue weighted by molar-refractivity contribution is -0.140. The number of anilines is 1. The van der Waals surface area contributed by atoms with Crippen LogP contribution in [0.5, 0.6) is 5.75 Å². The third-order valence-electron chi connectivity index (χ3n) is 7.90. The number of carbonyl (C=O) groups excluding carboxylic acids is 2. The summed E-state index contributed by atoms with van der Waals surface area (Å²) in [5, 5.41) is 3.51. The van der Waals surface area contributed by atoms with E-state index in [4.69, 9.17) is 16.3 Å². The summed E-state index contributed by atoms with van der Waals surface area (Å²) in [5.74, 6) is -0.0618. The molecule has 2 amide bonds. The van der Waals surface area contributed by atoms with Crippen molar-refractivity contribution in [1.29, 1.82) is 0 Å². The van der Waals surface area contributed by atoms with Gasteiger partial charge in [0.25, 0.3) is 10.0 Å². The summed E-state index contributed by atoms with van der Waals surface area (Å²) in [4.78, 5) is 29.5. The highest BCUT2D eigenvalue weighted by atomic mass is 35.5. The van der Waals surface area contributed by atoms with Gasteiger partial charge in [-0.25, -0.2) is 8.42 Å². The summed E-state index contributed by atoms with van der Waals surface area (Å²) in [6.07, 6.45) is 5.45. The fourth-order valence-electron chi connectivity index (χ4n) is 5.48. The van der Waals surface area contributed by atoms with Gasteiger partial charge in [-0.3, -0.25) is 13.9 Å². The first-order valence-electron chi connectivity index (χ1n) is 14.7. The Morgan fingerprint density at radius 3 is 2.30 bits per heavy atom. The second-order valence-corrected chi connectivity index (χ2v) is 13.2. The average molecular weight is 626 g/mol. The maximum atomic E-state index is 14.3. The van der Waals surface area contributed by atoms with E-state index in [1.165, 1.54) is 17.0 Å². The van der Waals surface area contributed by atoms with E-state index in [2.05, 4.69) is 5.32 Å². The van der Waals surface area contributed by atoms with Gasteiger partial charge in [0, 0.05) is 17.6 Å². The van der Waals surface area contributed by atoms with Crippen molar-refractivity contribution in [2.45, 2.75) is 75.9 Å². The molecule has 3 aromatic rings. The van der Waals surface area contributed by atoms with Crippen LogP contribution in [0.25, 0.3) is 0 Å². The van der Waals surface area contributed by atoms with Crippen molar-refractivity contribution in [2.24, 2.45) is 0 Å². The van der Waals surface area contributed by atoms with Crippen LogP contribution >= 0.6 is 11.6 Å². The Labute approximate surface area is 260 Å². The summed E-state index contributed by atoms with van der Waals surface area (Å²) in [5.41, 5.74) is 1.73. The van der Waals surface area contributed by atoms with Crippen molar-refractivity contribution in [3.8, 4) is 5.75 Å². The van der Waals surface area contributed by atoms with Gasteiger partial charge in [-0.05, 0) is 73.7 Å². The summed E-state index contributed by atoms with van der Waals surface area (Å²) >= 11 is 6.32. The summed E-state index contributed by atoms with van der Waals surface area (Å²) in [6, 6.07) is 19.5. The number of nitrogens with zero attached hydrogens (tertiary/aromatic N) is 2. The van der Waals surface area contributed by atoms with Gasteiger partial charge in [0.2, 0.25) is 11.8 Å². The standard InChI is InChI=1S/C33H40ClN3O5S/c1-4-30(33(39)35-27-11-7-5-8-12-27)36(22-25-16-19-28(42-3)20-17-25)32(38)23-37(31-21-26(34)18-15-24(31)2)43(40,41)29-13-9-6-10-14-29/h6,9-10,13-21,27,30H,4-5,7-8,11-12,22-23H2,1-3H3,(H,35,39). The Hall–Kier alpha value is -3.56. The number of carbonyl (C=O) groups is 2. The number of ether oxygens (including phenoxy) is 1. The van der Waals surface area contributed by atoms with Crippen LogP contribution in [0.15, 0.2) is 77.7 Å². The zero-order valence-electron chi connectivity index (χ0n) is 25.0. The second kappa shape index (κ2) is 14.8. The van der Waals surface area contributed by atoms with E-state index in [0.717, 1.165) is 42.0 Å². The molecular formula is C33H40ClN3O5S. The van der Waals surface area contributed by atoms with Gasteiger partial charge in [0.1, 0.15) is 18.3 Å². The van der Waals surface area contributed by atoms with Crippen molar-refractivity contribution in [1.82, 2.24) is 10.2 Å². The molecule has 0 saturated heterocycles. The number of benzene rings is 3. The second-order valence-electron chi connectivity index (χ2n) is 10.9. The molecule has 4 rings (SSSR count). The van der Waals surface area contributed by atoms with Crippen LogP contribution in [0.3, 0.4) is 0 Å². The van der Waals surface area contributed by atoms with Crippen LogP contribution < -0.4 is 14.4 Å². The number of rotatable bonds is 12. The Morgan fingerprint density at radius 1 is 1.00 bits per heavy atom. The maximum Gasteiger partial charge on any atom is 0.264 e. The quantitative estimate of drug-likeness (QED) is 0.262. The summed E-state index contributed by atoms with van der Waals surface area (Å²) < 4.78 is 34.5. The van der Waals surface area contributed by atoms with Crippen molar-refractivity contribution < 1.29 is 22.7 Å². The molecule has 1 unspecified atom stereocenters. The topological polar surface area (TPSA) is 96.0 Å². The average Bonchev–Trinajstić information content (AvgIpc) is 3.02. The first kappa shape index (κ1) is 32.4. The molecule has 1 atom stereocenters. The van der Waals surface area contributed by atoms with Crippen molar-refractivity contribution >= 4 is 39.1 Å². The molecule has 1 fully saturated rings. The highest BCUT2D eigenvalue weighted by molar-refractivity contribution is 7.92. The van der Waals surface area contributed by atoms with Crippen molar-refractivity contribution in [2.75, 3.05) is 18.0 Å². The summed E-state index contributed by atoms with van der Waals surface area (Å²) in [6.45, 7) is 3.24. The number of aryl methyl sites for hydroxylation is 1. The third kappa shape index (κ3) is 8.09. The minimum atomic E-state index is -4.17. The Balaban J connectivity index is 1.72. The maximum absolute atomic E-state index is 14.3. The van der Waals surface area contributed by atoms with E-state index >= 15 is 0 Å². The molecule has 1 saturated carbocycles. The van der Waals surface area contributed by atoms with Crippen LogP contribution in [0.1, 0.15) is 56.6 Å². The number of hydrogen-bond acceptors (Lipinski definition) is 5. The van der Waals surface area contributed by atoms with Crippen molar-refractivity contribution in [3.63, 3.8) is 0 Å². The monoisotopic (exact) mass is 625 g/mol. The minimum Gasteiger partial charge on any atom is -0.497 e. The van der Waals surface area contributed by atoms with Crippen molar-refractivity contribution in [3.05, 3.63) is 88.9 Å². The molecule has 0 spiro atoms. The van der Waals surface area contributed by atoms with Gasteiger partial charge < -0.3 is 15.0 Å². The van der Waals surface area contributed by atoms with Crippen LogP contribution in [0, 0.1) is 6.92 Å². The number of halogens is 1. The number of sulfonamides is 1. The first-order chi connectivity index (χ1) is 20.6. The summed E-state index contributed by atoms with van der Waals surface area (Å²) in [7, 11) is -2.59. The first-order valence-corrected chi connectivity index (χ1v) is 16.5. The fraction of sp³-hybridized carbons (Fsp3) is 0.394. The van der Waals surface area contributed by atoms with E-state index in [1.807, 2.05) is 19.1 Å². The van der Waals surface area contributed by atoms with Crippen LogP contribution in [0.4, 0.5) is 5.69 Å². The molecule has 0 radical (unpaired) electrons. The molecule has 1 aliphatic rings. The molecule has 1 N–H and O–H groups in total. The zero-order valence-corrected chi connectivity index (χ0v) is 26.5. The van der Waals surface area contributed by atoms with E-state index in [-0.39, 0.29) is 23.4 Å². The van der Waals surface area contributed by atoms with E-state index in [1.54, 1.807) is 62.6 Å². The number of hydrogen-bond donors (Lipinski definition) is 1. The highest BCUT2D eigenvalue weighted by Crippen LogP contribution is 2.30. The van der Waals surface area contributed by atoms with Gasteiger partial charge in [0.05, 0.1) is 17.7 Å². The molecule has 3 aromatic carbocycles.